The van der Waals surface area contributed by atoms with Crippen LogP contribution in [0.25, 0.3) is 0 Å². The van der Waals surface area contributed by atoms with Gasteiger partial charge in [-0.1, -0.05) is 51.5 Å². The summed E-state index contributed by atoms with van der Waals surface area (Å²) in [7, 11) is 0. The molecule has 1 heterocycles. The lowest BCUT2D eigenvalue weighted by Gasteiger charge is -2.31. The highest BCUT2D eigenvalue weighted by molar-refractivity contribution is 5.90. The molecule has 5 nitrogen and oxygen atoms in total. The van der Waals surface area contributed by atoms with Gasteiger partial charge in [0.15, 0.2) is 0 Å². The minimum Gasteiger partial charge on any atom is -0.383 e. The van der Waals surface area contributed by atoms with Crippen LogP contribution >= 0.6 is 0 Å². The monoisotopic (exact) mass is 360 g/mol. The second-order valence-electron chi connectivity index (χ2n) is 8.30. The molecule has 5 heteroatoms. The van der Waals surface area contributed by atoms with Crippen LogP contribution in [0.15, 0.2) is 18.2 Å². The van der Waals surface area contributed by atoms with E-state index in [1.54, 1.807) is 4.90 Å². The van der Waals surface area contributed by atoms with Crippen LogP contribution in [0, 0.1) is 12.3 Å². The van der Waals surface area contributed by atoms with Gasteiger partial charge >= 0.3 is 0 Å². The number of aliphatic hydroxyl groups is 1. The van der Waals surface area contributed by atoms with Crippen molar-refractivity contribution in [3.8, 4) is 0 Å². The van der Waals surface area contributed by atoms with Gasteiger partial charge < -0.3 is 15.3 Å². The van der Waals surface area contributed by atoms with Crippen LogP contribution in [0.5, 0.6) is 0 Å². The standard InChI is InChI=1S/C21H32N2O3/c1-6-15-10-9-14(2)12-16(15)13-22-19(25)17-8-7-11-23(17)20(26)18(24)21(3,4)5/h9-10,12,17-18,24H,6-8,11,13H2,1-5H3,(H,22,25)/t17-,18-/m0/s1. The SMILES string of the molecule is CCc1ccc(C)cc1CNC(=O)[C@@H]1CCCN1C(=O)[C@H](O)C(C)(C)C. The van der Waals surface area contributed by atoms with Gasteiger partial charge in [-0.2, -0.15) is 0 Å². The minimum atomic E-state index is -1.10. The predicted molar refractivity (Wildman–Crippen MR) is 103 cm³/mol. The highest BCUT2D eigenvalue weighted by atomic mass is 16.3. The second kappa shape index (κ2) is 8.21. The number of hydrogen-bond donors (Lipinski definition) is 2. The van der Waals surface area contributed by atoms with E-state index in [1.165, 1.54) is 5.56 Å². The molecule has 0 aromatic heterocycles. The Hall–Kier alpha value is -1.88. The average molecular weight is 360 g/mol. The van der Waals surface area contributed by atoms with E-state index < -0.39 is 17.6 Å². The number of rotatable bonds is 5. The third-order valence-electron chi connectivity index (χ3n) is 5.09. The number of aliphatic hydroxyl groups excluding tert-OH is 1. The summed E-state index contributed by atoms with van der Waals surface area (Å²) < 4.78 is 0. The molecule has 2 atom stereocenters. The van der Waals surface area contributed by atoms with Crippen LogP contribution in [0.1, 0.15) is 57.2 Å². The number of hydrogen-bond acceptors (Lipinski definition) is 3. The van der Waals surface area contributed by atoms with Gasteiger partial charge in [0.1, 0.15) is 12.1 Å². The quantitative estimate of drug-likeness (QED) is 0.848. The maximum absolute atomic E-state index is 12.7. The Balaban J connectivity index is 2.05. The summed E-state index contributed by atoms with van der Waals surface area (Å²) in [5.41, 5.74) is 2.96. The lowest BCUT2D eigenvalue weighted by molar-refractivity contribution is -0.149. The number of nitrogens with one attached hydrogen (secondary N) is 1. The van der Waals surface area contributed by atoms with Crippen molar-refractivity contribution in [3.63, 3.8) is 0 Å². The van der Waals surface area contributed by atoms with Crippen LogP contribution in [0.2, 0.25) is 0 Å². The fourth-order valence-electron chi connectivity index (χ4n) is 3.39. The summed E-state index contributed by atoms with van der Waals surface area (Å²) in [5.74, 6) is -0.486. The summed E-state index contributed by atoms with van der Waals surface area (Å²) >= 11 is 0. The molecule has 1 saturated heterocycles. The highest BCUT2D eigenvalue weighted by Crippen LogP contribution is 2.25. The maximum Gasteiger partial charge on any atom is 0.252 e. The molecule has 0 bridgehead atoms. The zero-order valence-electron chi connectivity index (χ0n) is 16.6. The summed E-state index contributed by atoms with van der Waals surface area (Å²) in [5, 5.41) is 13.3. The summed E-state index contributed by atoms with van der Waals surface area (Å²) in [6.45, 7) is 10.6. The molecule has 2 amide bonds. The first-order valence-corrected chi connectivity index (χ1v) is 9.49. The van der Waals surface area contributed by atoms with E-state index in [-0.39, 0.29) is 11.8 Å². The Labute approximate surface area is 156 Å². The van der Waals surface area contributed by atoms with Crippen LogP contribution in [-0.2, 0) is 22.6 Å². The molecule has 2 N–H and O–H groups in total. The number of likely N-dealkylation sites (tertiary alicyclic amines) is 1. The molecule has 1 aliphatic rings. The fourth-order valence-corrected chi connectivity index (χ4v) is 3.39. The number of nitrogens with zero attached hydrogens (tertiary/aromatic N) is 1. The second-order valence-corrected chi connectivity index (χ2v) is 8.30. The molecule has 0 spiro atoms. The van der Waals surface area contributed by atoms with E-state index in [0.717, 1.165) is 24.0 Å². The van der Waals surface area contributed by atoms with Crippen molar-refractivity contribution >= 4 is 11.8 Å². The molecule has 1 aliphatic heterocycles. The van der Waals surface area contributed by atoms with E-state index >= 15 is 0 Å². The van der Waals surface area contributed by atoms with E-state index in [9.17, 15) is 14.7 Å². The molecule has 26 heavy (non-hydrogen) atoms. The Kier molecular flexibility index (Phi) is 6.45. The molecule has 0 aliphatic carbocycles. The summed E-state index contributed by atoms with van der Waals surface area (Å²) in [6, 6.07) is 5.78. The van der Waals surface area contributed by atoms with Gasteiger partial charge in [0.05, 0.1) is 0 Å². The topological polar surface area (TPSA) is 69.6 Å². The molecule has 144 valence electrons. The molecule has 0 unspecified atom stereocenters. The van der Waals surface area contributed by atoms with Crippen LogP contribution in [-0.4, -0.2) is 40.5 Å². The van der Waals surface area contributed by atoms with Gasteiger partial charge in [0.2, 0.25) is 5.91 Å². The van der Waals surface area contributed by atoms with Crippen molar-refractivity contribution in [1.82, 2.24) is 10.2 Å². The van der Waals surface area contributed by atoms with Gasteiger partial charge in [-0.25, -0.2) is 0 Å². The van der Waals surface area contributed by atoms with E-state index in [0.29, 0.717) is 19.5 Å². The molecule has 1 aromatic rings. The lowest BCUT2D eigenvalue weighted by atomic mass is 9.88. The molecule has 0 saturated carbocycles. The number of carbonyl (C=O) groups is 2. The zero-order chi connectivity index (χ0) is 19.5. The van der Waals surface area contributed by atoms with Gasteiger partial charge in [-0.05, 0) is 42.7 Å². The van der Waals surface area contributed by atoms with Crippen molar-refractivity contribution < 1.29 is 14.7 Å². The lowest BCUT2D eigenvalue weighted by Crippen LogP contribution is -2.51. The third kappa shape index (κ3) is 4.64. The molecule has 2 rings (SSSR count). The molecule has 1 aromatic carbocycles. The molecule has 0 radical (unpaired) electrons. The first kappa shape index (κ1) is 20.4. The van der Waals surface area contributed by atoms with Crippen LogP contribution < -0.4 is 5.32 Å². The predicted octanol–water partition coefficient (Wildman–Crippen LogP) is 2.57. The van der Waals surface area contributed by atoms with Crippen molar-refractivity contribution in [2.45, 2.75) is 72.6 Å². The van der Waals surface area contributed by atoms with Gasteiger partial charge in [0.25, 0.3) is 5.91 Å². The number of benzene rings is 1. The van der Waals surface area contributed by atoms with Crippen LogP contribution in [0.3, 0.4) is 0 Å². The maximum atomic E-state index is 12.7. The van der Waals surface area contributed by atoms with Gasteiger partial charge in [-0.15, -0.1) is 0 Å². The largest absolute Gasteiger partial charge is 0.383 e. The Morgan fingerprint density at radius 1 is 1.31 bits per heavy atom. The first-order chi connectivity index (χ1) is 12.1. The smallest absolute Gasteiger partial charge is 0.252 e. The van der Waals surface area contributed by atoms with Crippen molar-refractivity contribution in [3.05, 3.63) is 34.9 Å². The fraction of sp³-hybridized carbons (Fsp3) is 0.619. The summed E-state index contributed by atoms with van der Waals surface area (Å²) in [6.07, 6.45) is 1.24. The Morgan fingerprint density at radius 2 is 2.00 bits per heavy atom. The normalized spacial score (nSPS) is 18.7. The number of aryl methyl sites for hydroxylation is 2. The van der Waals surface area contributed by atoms with Gasteiger partial charge in [-0.3, -0.25) is 9.59 Å². The van der Waals surface area contributed by atoms with Crippen molar-refractivity contribution in [1.29, 1.82) is 0 Å². The zero-order valence-corrected chi connectivity index (χ0v) is 16.6. The first-order valence-electron chi connectivity index (χ1n) is 9.49. The average Bonchev–Trinajstić information content (AvgIpc) is 3.07. The molecular weight excluding hydrogens is 328 g/mol. The third-order valence-corrected chi connectivity index (χ3v) is 5.09. The molecule has 1 fully saturated rings. The highest BCUT2D eigenvalue weighted by Gasteiger charge is 2.40. The minimum absolute atomic E-state index is 0.138. The van der Waals surface area contributed by atoms with Crippen molar-refractivity contribution in [2.24, 2.45) is 5.41 Å². The van der Waals surface area contributed by atoms with Crippen LogP contribution in [0.4, 0.5) is 0 Å². The summed E-state index contributed by atoms with van der Waals surface area (Å²) in [4.78, 5) is 26.9. The molecular formula is C21H32N2O3. The van der Waals surface area contributed by atoms with Crippen molar-refractivity contribution in [2.75, 3.05) is 6.54 Å². The number of carbonyl (C=O) groups excluding carboxylic acids is 2. The van der Waals surface area contributed by atoms with E-state index in [2.05, 4.69) is 30.4 Å². The van der Waals surface area contributed by atoms with E-state index in [1.807, 2.05) is 27.7 Å². The van der Waals surface area contributed by atoms with Gasteiger partial charge in [0, 0.05) is 13.1 Å². The Morgan fingerprint density at radius 3 is 2.62 bits per heavy atom. The van der Waals surface area contributed by atoms with E-state index in [4.69, 9.17) is 0 Å². The Bertz CT molecular complexity index is 664. The number of amides is 2.